The maximum absolute atomic E-state index is 10.9. The maximum atomic E-state index is 10.9. The first-order chi connectivity index (χ1) is 8.20. The van der Waals surface area contributed by atoms with Gasteiger partial charge in [-0.05, 0) is 25.1 Å². The molecule has 1 atom stereocenters. The van der Waals surface area contributed by atoms with Crippen molar-refractivity contribution >= 4 is 12.0 Å². The second kappa shape index (κ2) is 5.01. The highest BCUT2D eigenvalue weighted by Crippen LogP contribution is 2.23. The average molecular weight is 234 g/mol. The molecule has 90 valence electrons. The van der Waals surface area contributed by atoms with Crippen LogP contribution in [0.2, 0.25) is 0 Å². The van der Waals surface area contributed by atoms with Crippen LogP contribution in [0.4, 0.5) is 0 Å². The minimum absolute atomic E-state index is 0.188. The first-order valence-corrected chi connectivity index (χ1v) is 5.45. The molecule has 4 nitrogen and oxygen atoms in total. The molecule has 0 radical (unpaired) electrons. The van der Waals surface area contributed by atoms with E-state index < -0.39 is 5.97 Å². The van der Waals surface area contributed by atoms with Crippen LogP contribution in [-0.4, -0.2) is 30.4 Å². The van der Waals surface area contributed by atoms with Crippen LogP contribution in [0.1, 0.15) is 22.8 Å². The number of hydrogen-bond donors (Lipinski definition) is 1. The van der Waals surface area contributed by atoms with Crippen molar-refractivity contribution in [1.29, 1.82) is 0 Å². The lowest BCUT2D eigenvalue weighted by Crippen LogP contribution is -2.06. The van der Waals surface area contributed by atoms with Crippen molar-refractivity contribution in [3.05, 3.63) is 35.4 Å². The van der Waals surface area contributed by atoms with Crippen molar-refractivity contribution < 1.29 is 19.4 Å². The third kappa shape index (κ3) is 3.07. The van der Waals surface area contributed by atoms with Gasteiger partial charge in [-0.1, -0.05) is 12.2 Å². The van der Waals surface area contributed by atoms with Crippen LogP contribution >= 0.6 is 0 Å². The van der Waals surface area contributed by atoms with Gasteiger partial charge < -0.3 is 14.6 Å². The minimum Gasteiger partial charge on any atom is -0.490 e. The molecule has 0 amide bonds. The Kier molecular flexibility index (Phi) is 3.44. The first kappa shape index (κ1) is 11.7. The van der Waals surface area contributed by atoms with Gasteiger partial charge in [-0.3, -0.25) is 0 Å². The van der Waals surface area contributed by atoms with Crippen LogP contribution in [0.25, 0.3) is 6.08 Å². The Labute approximate surface area is 99.5 Å². The second-order valence-corrected chi connectivity index (χ2v) is 3.82. The number of allylic oxidation sites excluding steroid dienone is 1. The Balaban J connectivity index is 2.19. The topological polar surface area (TPSA) is 59.1 Å². The van der Waals surface area contributed by atoms with Crippen molar-refractivity contribution in [2.75, 3.05) is 13.2 Å². The predicted octanol–water partition coefficient (Wildman–Crippen LogP) is 2.20. The van der Waals surface area contributed by atoms with Crippen LogP contribution in [0, 0.1) is 0 Å². The minimum atomic E-state index is -0.937. The van der Waals surface area contributed by atoms with E-state index in [2.05, 4.69) is 0 Å². The van der Waals surface area contributed by atoms with E-state index in [9.17, 15) is 4.79 Å². The zero-order chi connectivity index (χ0) is 12.3. The van der Waals surface area contributed by atoms with Crippen LogP contribution < -0.4 is 4.74 Å². The number of carboxylic acids is 1. The van der Waals surface area contributed by atoms with Gasteiger partial charge in [-0.2, -0.15) is 0 Å². The molecular weight excluding hydrogens is 220 g/mol. The molecule has 0 spiro atoms. The smallest absolute Gasteiger partial charge is 0.335 e. The first-order valence-electron chi connectivity index (χ1n) is 5.45. The molecule has 1 aromatic carbocycles. The van der Waals surface area contributed by atoms with Crippen molar-refractivity contribution in [3.8, 4) is 5.75 Å². The summed E-state index contributed by atoms with van der Waals surface area (Å²) in [5, 5.41) is 8.91. The van der Waals surface area contributed by atoms with E-state index in [0.717, 1.165) is 12.2 Å². The number of aromatic carboxylic acids is 1. The number of benzene rings is 1. The van der Waals surface area contributed by atoms with Gasteiger partial charge >= 0.3 is 5.97 Å². The van der Waals surface area contributed by atoms with E-state index in [1.54, 1.807) is 18.2 Å². The van der Waals surface area contributed by atoms with Gasteiger partial charge in [0, 0.05) is 5.56 Å². The van der Waals surface area contributed by atoms with E-state index in [4.69, 9.17) is 14.6 Å². The fourth-order valence-electron chi connectivity index (χ4n) is 1.47. The van der Waals surface area contributed by atoms with E-state index in [-0.39, 0.29) is 11.7 Å². The monoisotopic (exact) mass is 234 g/mol. The molecule has 1 heterocycles. The highest BCUT2D eigenvalue weighted by Gasteiger charge is 2.23. The van der Waals surface area contributed by atoms with Crippen LogP contribution in [0.5, 0.6) is 5.75 Å². The van der Waals surface area contributed by atoms with E-state index >= 15 is 0 Å². The van der Waals surface area contributed by atoms with Crippen molar-refractivity contribution in [2.45, 2.75) is 13.0 Å². The largest absolute Gasteiger partial charge is 0.490 e. The van der Waals surface area contributed by atoms with Crippen LogP contribution in [-0.2, 0) is 4.74 Å². The molecule has 1 N–H and O–H groups in total. The fraction of sp³-hybridized carbons (Fsp3) is 0.308. The van der Waals surface area contributed by atoms with Gasteiger partial charge in [0.05, 0.1) is 12.2 Å². The van der Waals surface area contributed by atoms with E-state index in [1.807, 2.05) is 19.1 Å². The van der Waals surface area contributed by atoms with Crippen molar-refractivity contribution in [1.82, 2.24) is 0 Å². The van der Waals surface area contributed by atoms with E-state index in [1.165, 1.54) is 0 Å². The zero-order valence-corrected chi connectivity index (χ0v) is 9.55. The number of epoxide rings is 1. The third-order valence-electron chi connectivity index (χ3n) is 2.43. The zero-order valence-electron chi connectivity index (χ0n) is 9.55. The Morgan fingerprint density at radius 3 is 3.00 bits per heavy atom. The second-order valence-electron chi connectivity index (χ2n) is 3.82. The number of hydrogen-bond acceptors (Lipinski definition) is 3. The highest BCUT2D eigenvalue weighted by atomic mass is 16.6. The van der Waals surface area contributed by atoms with Gasteiger partial charge in [0.2, 0.25) is 0 Å². The van der Waals surface area contributed by atoms with Gasteiger partial charge in [-0.15, -0.1) is 0 Å². The molecule has 1 aliphatic rings. The quantitative estimate of drug-likeness (QED) is 0.793. The van der Waals surface area contributed by atoms with Crippen LogP contribution in [0.15, 0.2) is 24.3 Å². The number of ether oxygens (including phenoxy) is 2. The molecular formula is C13H14O4. The fourth-order valence-corrected chi connectivity index (χ4v) is 1.47. The van der Waals surface area contributed by atoms with Crippen molar-refractivity contribution in [2.24, 2.45) is 0 Å². The molecule has 4 heteroatoms. The van der Waals surface area contributed by atoms with Crippen molar-refractivity contribution in [3.63, 3.8) is 0 Å². The molecule has 1 fully saturated rings. The molecule has 0 bridgehead atoms. The Morgan fingerprint density at radius 1 is 1.65 bits per heavy atom. The molecule has 0 aliphatic carbocycles. The molecule has 1 saturated heterocycles. The maximum Gasteiger partial charge on any atom is 0.335 e. The summed E-state index contributed by atoms with van der Waals surface area (Å²) in [6.45, 7) is 3.13. The molecule has 17 heavy (non-hydrogen) atoms. The third-order valence-corrected chi connectivity index (χ3v) is 2.43. The SMILES string of the molecule is CC=Cc1cc(C(=O)O)ccc1OCC1CO1. The lowest BCUT2D eigenvalue weighted by Gasteiger charge is -2.08. The summed E-state index contributed by atoms with van der Waals surface area (Å²) in [6, 6.07) is 4.82. The number of carbonyl (C=O) groups is 1. The summed E-state index contributed by atoms with van der Waals surface area (Å²) < 4.78 is 10.6. The summed E-state index contributed by atoms with van der Waals surface area (Å²) in [6.07, 6.45) is 3.87. The molecule has 1 aliphatic heterocycles. The Bertz CT molecular complexity index is 447. The Morgan fingerprint density at radius 2 is 2.41 bits per heavy atom. The predicted molar refractivity (Wildman–Crippen MR) is 63.3 cm³/mol. The van der Waals surface area contributed by atoms with Gasteiger partial charge in [0.25, 0.3) is 0 Å². The lowest BCUT2D eigenvalue weighted by molar-refractivity contribution is 0.0697. The summed E-state index contributed by atoms with van der Waals surface area (Å²) in [4.78, 5) is 10.9. The molecule has 0 aromatic heterocycles. The number of rotatable bonds is 5. The highest BCUT2D eigenvalue weighted by molar-refractivity contribution is 5.88. The van der Waals surface area contributed by atoms with Crippen LogP contribution in [0.3, 0.4) is 0 Å². The molecule has 0 saturated carbocycles. The van der Waals surface area contributed by atoms with Gasteiger partial charge in [-0.25, -0.2) is 4.79 Å². The average Bonchev–Trinajstić information content (AvgIpc) is 3.11. The lowest BCUT2D eigenvalue weighted by atomic mass is 10.1. The Hall–Kier alpha value is -1.81. The summed E-state index contributed by atoms with van der Waals surface area (Å²) in [5.41, 5.74) is 1.03. The van der Waals surface area contributed by atoms with Gasteiger partial charge in [0.1, 0.15) is 18.5 Å². The van der Waals surface area contributed by atoms with Gasteiger partial charge in [0.15, 0.2) is 0 Å². The summed E-state index contributed by atoms with van der Waals surface area (Å²) in [7, 11) is 0. The normalized spacial score (nSPS) is 18.3. The number of carboxylic acid groups (broad SMARTS) is 1. The summed E-state index contributed by atoms with van der Waals surface area (Å²) in [5.74, 6) is -0.253. The molecule has 1 unspecified atom stereocenters. The molecule has 1 aromatic rings. The summed E-state index contributed by atoms with van der Waals surface area (Å²) >= 11 is 0. The molecule has 2 rings (SSSR count). The van der Waals surface area contributed by atoms with E-state index in [0.29, 0.717) is 12.4 Å². The standard InChI is InChI=1S/C13H14O4/c1-2-3-9-6-10(13(14)15)4-5-12(9)17-8-11-7-16-11/h2-6,11H,7-8H2,1H3,(H,14,15).